The smallest absolute Gasteiger partial charge is 0.320 e. The summed E-state index contributed by atoms with van der Waals surface area (Å²) in [7, 11) is 4.53. The molecule has 0 radical (unpaired) electrons. The first-order valence-corrected chi connectivity index (χ1v) is 11.8. The van der Waals surface area contributed by atoms with Gasteiger partial charge in [0.25, 0.3) is 0 Å². The molecule has 0 spiro atoms. The van der Waals surface area contributed by atoms with Gasteiger partial charge >= 0.3 is 11.9 Å². The third-order valence-electron chi connectivity index (χ3n) is 5.69. The fourth-order valence-electron chi connectivity index (χ4n) is 3.78. The zero-order valence-electron chi connectivity index (χ0n) is 20.9. The molecule has 0 aromatic heterocycles. The van der Waals surface area contributed by atoms with Crippen LogP contribution in [0.5, 0.6) is 17.2 Å². The summed E-state index contributed by atoms with van der Waals surface area (Å²) >= 11 is 0. The Bertz CT molecular complexity index is 1030. The first kappa shape index (κ1) is 26.6. The summed E-state index contributed by atoms with van der Waals surface area (Å²) in [6, 6.07) is 22.8. The minimum Gasteiger partial charge on any atom is -0.493 e. The van der Waals surface area contributed by atoms with Crippen LogP contribution in [0.15, 0.2) is 72.8 Å². The number of ether oxygens (including phenoxy) is 5. The van der Waals surface area contributed by atoms with Crippen LogP contribution in [0, 0.1) is 5.92 Å². The Balaban J connectivity index is 1.73. The van der Waals surface area contributed by atoms with Crippen LogP contribution in [0.4, 0.5) is 0 Å². The highest BCUT2D eigenvalue weighted by Crippen LogP contribution is 2.38. The van der Waals surface area contributed by atoms with Crippen molar-refractivity contribution in [2.75, 3.05) is 34.5 Å². The van der Waals surface area contributed by atoms with E-state index in [1.165, 1.54) is 21.3 Å². The second-order valence-electron chi connectivity index (χ2n) is 8.10. The molecule has 3 aromatic carbocycles. The average molecular weight is 493 g/mol. The molecule has 190 valence electrons. The van der Waals surface area contributed by atoms with Gasteiger partial charge in [-0.15, -0.1) is 0 Å². The Kier molecular flexibility index (Phi) is 10.2. The van der Waals surface area contributed by atoms with Gasteiger partial charge in [-0.2, -0.15) is 0 Å². The fourth-order valence-corrected chi connectivity index (χ4v) is 3.78. The number of hydrogen-bond acceptors (Lipinski definition) is 7. The summed E-state index contributed by atoms with van der Waals surface area (Å²) in [6.07, 6.45) is 1.16. The van der Waals surface area contributed by atoms with E-state index >= 15 is 0 Å². The highest BCUT2D eigenvalue weighted by molar-refractivity contribution is 5.95. The molecule has 0 bridgehead atoms. The monoisotopic (exact) mass is 492 g/mol. The third-order valence-corrected chi connectivity index (χ3v) is 5.69. The molecule has 0 N–H and O–H groups in total. The minimum atomic E-state index is -1.14. The van der Waals surface area contributed by atoms with E-state index in [-0.39, 0.29) is 19.6 Å². The number of methoxy groups -OCH3 is 3. The standard InChI is InChI=1S/C29H32O7/c1-32-25-19-23(20-26(33-2)27(25)34-3)18-24(28(30)35-16-14-21-10-6-4-7-11-21)29(31)36-17-15-22-12-8-5-9-13-22/h4-13,19-20,24H,14-18H2,1-3H3. The Hall–Kier alpha value is -4.00. The Labute approximate surface area is 211 Å². The van der Waals surface area contributed by atoms with Gasteiger partial charge in [-0.1, -0.05) is 60.7 Å². The van der Waals surface area contributed by atoms with Crippen LogP contribution in [0.2, 0.25) is 0 Å². The molecule has 7 heteroatoms. The van der Waals surface area contributed by atoms with Crippen molar-refractivity contribution in [1.29, 1.82) is 0 Å². The highest BCUT2D eigenvalue weighted by Gasteiger charge is 2.31. The van der Waals surface area contributed by atoms with E-state index in [4.69, 9.17) is 23.7 Å². The molecule has 7 nitrogen and oxygen atoms in total. The fraction of sp³-hybridized carbons (Fsp3) is 0.310. The van der Waals surface area contributed by atoms with Crippen LogP contribution in [0.3, 0.4) is 0 Å². The normalized spacial score (nSPS) is 10.6. The van der Waals surface area contributed by atoms with Crippen LogP contribution in [0.1, 0.15) is 16.7 Å². The number of hydrogen-bond donors (Lipinski definition) is 0. The van der Waals surface area contributed by atoms with Crippen LogP contribution < -0.4 is 14.2 Å². The maximum Gasteiger partial charge on any atom is 0.320 e. The van der Waals surface area contributed by atoms with Crippen molar-refractivity contribution in [3.05, 3.63) is 89.5 Å². The molecule has 36 heavy (non-hydrogen) atoms. The zero-order chi connectivity index (χ0) is 25.8. The topological polar surface area (TPSA) is 80.3 Å². The Morgan fingerprint density at radius 2 is 1.08 bits per heavy atom. The van der Waals surface area contributed by atoms with Crippen molar-refractivity contribution >= 4 is 11.9 Å². The summed E-state index contributed by atoms with van der Waals surface area (Å²) in [5.41, 5.74) is 2.73. The molecule has 3 rings (SSSR count). The number of rotatable bonds is 13. The maximum atomic E-state index is 13.0. The SMILES string of the molecule is COc1cc(CC(C(=O)OCCc2ccccc2)C(=O)OCCc2ccccc2)cc(OC)c1OC. The largest absolute Gasteiger partial charge is 0.493 e. The van der Waals surface area contributed by atoms with Gasteiger partial charge in [0.05, 0.1) is 34.5 Å². The predicted octanol–water partition coefficient (Wildman–Crippen LogP) is 4.44. The lowest BCUT2D eigenvalue weighted by Crippen LogP contribution is -2.31. The van der Waals surface area contributed by atoms with Gasteiger partial charge in [-0.3, -0.25) is 9.59 Å². The van der Waals surface area contributed by atoms with Crippen molar-refractivity contribution in [2.24, 2.45) is 5.92 Å². The number of carbonyl (C=O) groups is 2. The lowest BCUT2D eigenvalue weighted by atomic mass is 9.98. The lowest BCUT2D eigenvalue weighted by molar-refractivity contribution is -0.162. The average Bonchev–Trinajstić information content (AvgIpc) is 2.92. The molecular formula is C29H32O7. The van der Waals surface area contributed by atoms with E-state index in [1.807, 2.05) is 60.7 Å². The van der Waals surface area contributed by atoms with E-state index in [1.54, 1.807) is 12.1 Å². The summed E-state index contributed by atoms with van der Waals surface area (Å²) < 4.78 is 27.2. The van der Waals surface area contributed by atoms with Gasteiger partial charge in [-0.05, 0) is 35.2 Å². The minimum absolute atomic E-state index is 0.0606. The number of esters is 2. The quantitative estimate of drug-likeness (QED) is 0.258. The molecule has 0 heterocycles. The predicted molar refractivity (Wildman–Crippen MR) is 136 cm³/mol. The zero-order valence-corrected chi connectivity index (χ0v) is 20.9. The molecule has 0 atom stereocenters. The van der Waals surface area contributed by atoms with Crippen LogP contribution >= 0.6 is 0 Å². The van der Waals surface area contributed by atoms with E-state index in [0.717, 1.165) is 11.1 Å². The molecular weight excluding hydrogens is 460 g/mol. The second-order valence-corrected chi connectivity index (χ2v) is 8.10. The van der Waals surface area contributed by atoms with Gasteiger partial charge in [0.1, 0.15) is 0 Å². The van der Waals surface area contributed by atoms with Gasteiger partial charge in [0.2, 0.25) is 5.75 Å². The number of benzene rings is 3. The van der Waals surface area contributed by atoms with Gasteiger partial charge in [-0.25, -0.2) is 0 Å². The van der Waals surface area contributed by atoms with E-state index in [9.17, 15) is 9.59 Å². The molecule has 0 amide bonds. The first-order valence-electron chi connectivity index (χ1n) is 11.8. The number of carbonyl (C=O) groups excluding carboxylic acids is 2. The van der Waals surface area contributed by atoms with Crippen LogP contribution in [-0.4, -0.2) is 46.5 Å². The van der Waals surface area contributed by atoms with Crippen LogP contribution in [-0.2, 0) is 38.3 Å². The Morgan fingerprint density at radius 1 is 0.639 bits per heavy atom. The molecule has 0 saturated heterocycles. The molecule has 3 aromatic rings. The van der Waals surface area contributed by atoms with Gasteiger partial charge < -0.3 is 23.7 Å². The second kappa shape index (κ2) is 13.8. The summed E-state index contributed by atoms with van der Waals surface area (Å²) in [5, 5.41) is 0. The molecule has 0 aliphatic carbocycles. The van der Waals surface area contributed by atoms with Crippen molar-refractivity contribution in [3.8, 4) is 17.2 Å². The molecule has 0 fully saturated rings. The lowest BCUT2D eigenvalue weighted by Gasteiger charge is -2.18. The van der Waals surface area contributed by atoms with Gasteiger partial charge in [0.15, 0.2) is 17.4 Å². The molecule has 0 saturated carbocycles. The van der Waals surface area contributed by atoms with Gasteiger partial charge in [0, 0.05) is 12.8 Å². The van der Waals surface area contributed by atoms with Crippen molar-refractivity contribution in [2.45, 2.75) is 19.3 Å². The first-order chi connectivity index (χ1) is 17.5. The Morgan fingerprint density at radius 3 is 1.47 bits per heavy atom. The summed E-state index contributed by atoms with van der Waals surface area (Å²) in [5.74, 6) is -1.12. The van der Waals surface area contributed by atoms with E-state index in [0.29, 0.717) is 35.7 Å². The van der Waals surface area contributed by atoms with Crippen molar-refractivity contribution < 1.29 is 33.3 Å². The molecule has 0 aliphatic heterocycles. The highest BCUT2D eigenvalue weighted by atomic mass is 16.6. The molecule has 0 aliphatic rings. The third kappa shape index (κ3) is 7.50. The molecule has 0 unspecified atom stereocenters. The van der Waals surface area contributed by atoms with Crippen LogP contribution in [0.25, 0.3) is 0 Å². The van der Waals surface area contributed by atoms with E-state index < -0.39 is 17.9 Å². The van der Waals surface area contributed by atoms with Crippen molar-refractivity contribution in [3.63, 3.8) is 0 Å². The van der Waals surface area contributed by atoms with Crippen molar-refractivity contribution in [1.82, 2.24) is 0 Å². The summed E-state index contributed by atoms with van der Waals surface area (Å²) in [4.78, 5) is 26.1. The maximum absolute atomic E-state index is 13.0. The summed E-state index contributed by atoms with van der Waals surface area (Å²) in [6.45, 7) is 0.317. The van der Waals surface area contributed by atoms with E-state index in [2.05, 4.69) is 0 Å².